The van der Waals surface area contributed by atoms with E-state index < -0.39 is 0 Å². The summed E-state index contributed by atoms with van der Waals surface area (Å²) >= 11 is 6.67. The quantitative estimate of drug-likeness (QED) is 0.861. The van der Waals surface area contributed by atoms with Gasteiger partial charge in [0.05, 0.1) is 6.04 Å². The Morgan fingerprint density at radius 3 is 2.72 bits per heavy atom. The van der Waals surface area contributed by atoms with Crippen LogP contribution in [0.5, 0.6) is 0 Å². The number of carbonyl (C=O) groups excluding carboxylic acids is 2. The molecule has 0 saturated heterocycles. The number of hydrogen-bond acceptors (Lipinski definition) is 4. The second-order valence-corrected chi connectivity index (χ2v) is 5.33. The molecule has 1 atom stereocenters. The molecule has 0 fully saturated rings. The molecule has 2 rings (SSSR count). The molecule has 1 aliphatic rings. The van der Waals surface area contributed by atoms with Crippen molar-refractivity contribution in [3.05, 3.63) is 34.9 Å². The predicted octanol–water partition coefficient (Wildman–Crippen LogP) is 2.48. The number of hydrogen-bond donors (Lipinski definition) is 1. The molecule has 1 aromatic rings. The van der Waals surface area contributed by atoms with Crippen molar-refractivity contribution >= 4 is 39.6 Å². The molecule has 1 aliphatic heterocycles. The highest BCUT2D eigenvalue weighted by Crippen LogP contribution is 2.18. The summed E-state index contributed by atoms with van der Waals surface area (Å²) < 4.78 is 0. The molecule has 0 radical (unpaired) electrons. The van der Waals surface area contributed by atoms with Crippen LogP contribution in [-0.2, 0) is 4.79 Å². The van der Waals surface area contributed by atoms with E-state index in [1.165, 1.54) is 0 Å². The molecule has 0 aromatic heterocycles. The van der Waals surface area contributed by atoms with Crippen LogP contribution >= 0.6 is 23.4 Å². The summed E-state index contributed by atoms with van der Waals surface area (Å²) in [6.45, 7) is 1.84. The fourth-order valence-corrected chi connectivity index (χ4v) is 2.45. The summed E-state index contributed by atoms with van der Waals surface area (Å²) in [5.41, 5.74) is 0.527. The molecule has 0 unspecified atom stereocenters. The number of aliphatic imine (C=N–C) groups is 1. The number of nitrogens with one attached hydrogen (secondary N) is 1. The van der Waals surface area contributed by atoms with E-state index in [4.69, 9.17) is 11.6 Å². The summed E-state index contributed by atoms with van der Waals surface area (Å²) in [5.74, 6) is -0.107. The standard InChI is InChI=1S/C12H11ClN2O2S/c1-7-6-10(16)15-12(14-7)18-11(17)8-2-4-9(13)5-3-8/h2-5,7H,6H2,1H3,(H,14,15,16)/t7-/m1/s1. The first-order valence-corrected chi connectivity index (χ1v) is 6.59. The highest BCUT2D eigenvalue weighted by atomic mass is 35.5. The lowest BCUT2D eigenvalue weighted by molar-refractivity contribution is -0.120. The average Bonchev–Trinajstić information content (AvgIpc) is 2.28. The number of amides is 1. The fraction of sp³-hybridized carbons (Fsp3) is 0.250. The van der Waals surface area contributed by atoms with Crippen LogP contribution in [0.15, 0.2) is 29.3 Å². The molecule has 1 N–H and O–H groups in total. The van der Waals surface area contributed by atoms with E-state index in [0.717, 1.165) is 11.8 Å². The topological polar surface area (TPSA) is 58.5 Å². The normalized spacial score (nSPS) is 19.1. The number of carbonyl (C=O) groups is 2. The molecule has 0 saturated carbocycles. The Morgan fingerprint density at radius 2 is 2.11 bits per heavy atom. The third-order valence-corrected chi connectivity index (χ3v) is 3.41. The predicted molar refractivity (Wildman–Crippen MR) is 73.0 cm³/mol. The van der Waals surface area contributed by atoms with Crippen molar-refractivity contribution in [1.29, 1.82) is 0 Å². The van der Waals surface area contributed by atoms with Gasteiger partial charge in [-0.1, -0.05) is 11.6 Å². The molecule has 0 bridgehead atoms. The lowest BCUT2D eigenvalue weighted by Gasteiger charge is -2.16. The Hall–Kier alpha value is -1.33. The van der Waals surface area contributed by atoms with Crippen molar-refractivity contribution < 1.29 is 9.59 Å². The molecule has 4 nitrogen and oxygen atoms in total. The minimum Gasteiger partial charge on any atom is -0.305 e. The van der Waals surface area contributed by atoms with Gasteiger partial charge in [0, 0.05) is 17.0 Å². The van der Waals surface area contributed by atoms with Gasteiger partial charge in [0.2, 0.25) is 11.0 Å². The second kappa shape index (κ2) is 5.54. The van der Waals surface area contributed by atoms with Gasteiger partial charge in [-0.15, -0.1) is 0 Å². The van der Waals surface area contributed by atoms with Gasteiger partial charge in [0.25, 0.3) is 0 Å². The first-order valence-electron chi connectivity index (χ1n) is 5.40. The van der Waals surface area contributed by atoms with Crippen LogP contribution in [0.3, 0.4) is 0 Å². The number of nitrogens with zero attached hydrogens (tertiary/aromatic N) is 1. The van der Waals surface area contributed by atoms with E-state index in [9.17, 15) is 9.59 Å². The van der Waals surface area contributed by atoms with Crippen molar-refractivity contribution in [3.63, 3.8) is 0 Å². The van der Waals surface area contributed by atoms with Gasteiger partial charge in [0.15, 0.2) is 5.17 Å². The summed E-state index contributed by atoms with van der Waals surface area (Å²) in [5, 5.41) is 3.36. The Kier molecular flexibility index (Phi) is 4.04. The molecule has 0 aliphatic carbocycles. The van der Waals surface area contributed by atoms with Gasteiger partial charge in [-0.25, -0.2) is 0 Å². The van der Waals surface area contributed by atoms with E-state index in [1.54, 1.807) is 24.3 Å². The number of halogens is 1. The van der Waals surface area contributed by atoms with E-state index in [0.29, 0.717) is 22.2 Å². The average molecular weight is 283 g/mol. The smallest absolute Gasteiger partial charge is 0.228 e. The van der Waals surface area contributed by atoms with Crippen LogP contribution in [0, 0.1) is 0 Å². The van der Waals surface area contributed by atoms with Gasteiger partial charge >= 0.3 is 0 Å². The zero-order chi connectivity index (χ0) is 13.1. The van der Waals surface area contributed by atoms with E-state index >= 15 is 0 Å². The number of thioether (sulfide) groups is 1. The first-order chi connectivity index (χ1) is 8.54. The fourth-order valence-electron chi connectivity index (χ4n) is 1.50. The summed E-state index contributed by atoms with van der Waals surface area (Å²) in [6, 6.07) is 6.51. The van der Waals surface area contributed by atoms with Gasteiger partial charge < -0.3 is 5.32 Å². The molecule has 1 amide bonds. The van der Waals surface area contributed by atoms with Crippen LogP contribution < -0.4 is 5.32 Å². The molecule has 1 heterocycles. The molecule has 1 aromatic carbocycles. The minimum absolute atomic E-state index is 0.0840. The highest BCUT2D eigenvalue weighted by Gasteiger charge is 2.20. The maximum absolute atomic E-state index is 11.9. The molecule has 18 heavy (non-hydrogen) atoms. The first kappa shape index (κ1) is 13.1. The van der Waals surface area contributed by atoms with Crippen molar-refractivity contribution in [2.24, 2.45) is 4.99 Å². The van der Waals surface area contributed by atoms with Gasteiger partial charge in [-0.05, 0) is 43.0 Å². The van der Waals surface area contributed by atoms with Crippen molar-refractivity contribution in [2.75, 3.05) is 0 Å². The summed E-state index contributed by atoms with van der Waals surface area (Å²) in [7, 11) is 0. The lowest BCUT2D eigenvalue weighted by Crippen LogP contribution is -2.36. The van der Waals surface area contributed by atoms with Crippen molar-refractivity contribution in [2.45, 2.75) is 19.4 Å². The summed E-state index contributed by atoms with van der Waals surface area (Å²) in [4.78, 5) is 27.5. The molecule has 6 heteroatoms. The van der Waals surface area contributed by atoms with Gasteiger partial charge in [-0.2, -0.15) is 0 Å². The van der Waals surface area contributed by atoms with Crippen LogP contribution in [0.4, 0.5) is 0 Å². The van der Waals surface area contributed by atoms with Crippen LogP contribution in [0.2, 0.25) is 5.02 Å². The van der Waals surface area contributed by atoms with Crippen LogP contribution in [0.1, 0.15) is 23.7 Å². The maximum Gasteiger partial charge on any atom is 0.228 e. The third kappa shape index (κ3) is 3.34. The zero-order valence-corrected chi connectivity index (χ0v) is 11.2. The SMILES string of the molecule is C[C@@H]1CC(=O)NC(SC(=O)c2ccc(Cl)cc2)=N1. The van der Waals surface area contributed by atoms with Gasteiger partial charge in [0.1, 0.15) is 0 Å². The third-order valence-electron chi connectivity index (χ3n) is 2.33. The molecular formula is C12H11ClN2O2S. The van der Waals surface area contributed by atoms with E-state index in [-0.39, 0.29) is 17.1 Å². The van der Waals surface area contributed by atoms with E-state index in [1.807, 2.05) is 6.92 Å². The largest absolute Gasteiger partial charge is 0.305 e. The van der Waals surface area contributed by atoms with E-state index in [2.05, 4.69) is 10.3 Å². The number of rotatable bonds is 1. The Bertz CT molecular complexity index is 513. The van der Waals surface area contributed by atoms with Crippen molar-refractivity contribution in [1.82, 2.24) is 5.32 Å². The van der Waals surface area contributed by atoms with Gasteiger partial charge in [-0.3, -0.25) is 14.6 Å². The summed E-state index contributed by atoms with van der Waals surface area (Å²) in [6.07, 6.45) is 0.360. The second-order valence-electron chi connectivity index (χ2n) is 3.93. The monoisotopic (exact) mass is 282 g/mol. The lowest BCUT2D eigenvalue weighted by atomic mass is 10.2. The van der Waals surface area contributed by atoms with Crippen molar-refractivity contribution in [3.8, 4) is 0 Å². The minimum atomic E-state index is -0.167. The zero-order valence-electron chi connectivity index (χ0n) is 9.64. The van der Waals surface area contributed by atoms with Crippen LogP contribution in [-0.4, -0.2) is 22.2 Å². The Labute approximate surface area is 114 Å². The molecular weight excluding hydrogens is 272 g/mol. The Balaban J connectivity index is 2.07. The molecule has 0 spiro atoms. The highest BCUT2D eigenvalue weighted by molar-refractivity contribution is 8.26. The number of amidine groups is 1. The van der Waals surface area contributed by atoms with Crippen LogP contribution in [0.25, 0.3) is 0 Å². The Morgan fingerprint density at radius 1 is 1.44 bits per heavy atom. The molecule has 94 valence electrons. The maximum atomic E-state index is 11.9. The number of benzene rings is 1.